The molecule has 0 saturated heterocycles. The van der Waals surface area contributed by atoms with Crippen LogP contribution >= 0.6 is 27.5 Å². The summed E-state index contributed by atoms with van der Waals surface area (Å²) >= 11 is 9.11. The van der Waals surface area contributed by atoms with E-state index in [9.17, 15) is 9.59 Å². The molecule has 1 amide bonds. The summed E-state index contributed by atoms with van der Waals surface area (Å²) in [5.74, 6) is -0.514. The molecule has 22 heavy (non-hydrogen) atoms. The first kappa shape index (κ1) is 16.3. The highest BCUT2D eigenvalue weighted by Gasteiger charge is 2.04. The van der Waals surface area contributed by atoms with E-state index in [1.165, 1.54) is 12.3 Å². The van der Waals surface area contributed by atoms with Gasteiger partial charge in [0.1, 0.15) is 0 Å². The number of rotatable bonds is 5. The lowest BCUT2D eigenvalue weighted by Gasteiger charge is -2.04. The number of halogens is 2. The predicted molar refractivity (Wildman–Crippen MR) is 89.7 cm³/mol. The molecule has 0 aliphatic rings. The van der Waals surface area contributed by atoms with Gasteiger partial charge in [0.25, 0.3) is 5.91 Å². The fourth-order valence-corrected chi connectivity index (χ4v) is 2.09. The molecule has 0 aliphatic carbocycles. The molecule has 0 spiro atoms. The molecule has 2 rings (SSSR count). The van der Waals surface area contributed by atoms with Gasteiger partial charge in [0.2, 0.25) is 0 Å². The Morgan fingerprint density at radius 2 is 1.77 bits per heavy atom. The van der Waals surface area contributed by atoms with Gasteiger partial charge in [-0.25, -0.2) is 0 Å². The smallest absolute Gasteiger partial charge is 0.269 e. The number of nitrogens with one attached hydrogen (secondary N) is 2. The Morgan fingerprint density at radius 1 is 1.05 bits per heavy atom. The third-order valence-corrected chi connectivity index (χ3v) is 3.48. The maximum Gasteiger partial charge on any atom is 0.269 e. The van der Waals surface area contributed by atoms with E-state index in [2.05, 4.69) is 26.8 Å². The van der Waals surface area contributed by atoms with Gasteiger partial charge >= 0.3 is 0 Å². The Bertz CT molecular complexity index is 714. The lowest BCUT2D eigenvalue weighted by atomic mass is 10.1. The number of ketones is 1. The summed E-state index contributed by atoms with van der Waals surface area (Å²) in [4.78, 5) is 23.6. The highest BCUT2D eigenvalue weighted by Crippen LogP contribution is 2.11. The molecule has 2 aromatic carbocycles. The van der Waals surface area contributed by atoms with Crippen molar-refractivity contribution in [3.63, 3.8) is 0 Å². The van der Waals surface area contributed by atoms with Gasteiger partial charge in [0.15, 0.2) is 5.78 Å². The van der Waals surface area contributed by atoms with Crippen LogP contribution in [0, 0.1) is 0 Å². The Kier molecular flexibility index (Phi) is 5.75. The average molecular weight is 380 g/mol. The van der Waals surface area contributed by atoms with Crippen LogP contribution in [0.3, 0.4) is 0 Å². The third-order valence-electron chi connectivity index (χ3n) is 2.72. The standard InChI is InChI=1S/C16H12BrClN2O2/c17-13-6-4-11(5-7-13)15(21)8-9-19-20-16(22)12-2-1-3-14(18)10-12/h1-10,19H,(H,20,22)/b9-8+. The van der Waals surface area contributed by atoms with Crippen LogP contribution in [-0.4, -0.2) is 11.7 Å². The first-order chi connectivity index (χ1) is 10.6. The van der Waals surface area contributed by atoms with Crippen molar-refractivity contribution in [3.8, 4) is 0 Å². The molecule has 0 radical (unpaired) electrons. The maximum atomic E-state index is 11.8. The molecular weight excluding hydrogens is 368 g/mol. The first-order valence-electron chi connectivity index (χ1n) is 6.34. The fraction of sp³-hybridized carbons (Fsp3) is 0. The quantitative estimate of drug-likeness (QED) is 0.473. The number of hydrogen-bond acceptors (Lipinski definition) is 3. The minimum absolute atomic E-state index is 0.169. The summed E-state index contributed by atoms with van der Waals surface area (Å²) in [6, 6.07) is 13.6. The summed E-state index contributed by atoms with van der Waals surface area (Å²) in [6.07, 6.45) is 2.70. The second kappa shape index (κ2) is 7.77. The minimum atomic E-state index is -0.344. The SMILES string of the molecule is O=C(/C=C/NNC(=O)c1cccc(Cl)c1)c1ccc(Br)cc1. The Labute approximate surface area is 141 Å². The molecule has 0 fully saturated rings. The second-order valence-electron chi connectivity index (χ2n) is 4.31. The summed E-state index contributed by atoms with van der Waals surface area (Å²) in [6.45, 7) is 0. The highest BCUT2D eigenvalue weighted by atomic mass is 79.9. The summed E-state index contributed by atoms with van der Waals surface area (Å²) in [5.41, 5.74) is 5.99. The first-order valence-corrected chi connectivity index (χ1v) is 7.51. The number of hydrogen-bond donors (Lipinski definition) is 2. The van der Waals surface area contributed by atoms with E-state index in [0.29, 0.717) is 16.1 Å². The van der Waals surface area contributed by atoms with Crippen LogP contribution in [0.25, 0.3) is 0 Å². The monoisotopic (exact) mass is 378 g/mol. The normalized spacial score (nSPS) is 10.5. The van der Waals surface area contributed by atoms with Crippen molar-refractivity contribution in [3.05, 3.63) is 81.4 Å². The predicted octanol–water partition coefficient (Wildman–Crippen LogP) is 3.73. The largest absolute Gasteiger partial charge is 0.305 e. The van der Waals surface area contributed by atoms with Crippen molar-refractivity contribution in [1.82, 2.24) is 10.9 Å². The van der Waals surface area contributed by atoms with Crippen LogP contribution < -0.4 is 10.9 Å². The van der Waals surface area contributed by atoms with Gasteiger partial charge in [-0.3, -0.25) is 15.0 Å². The van der Waals surface area contributed by atoms with E-state index in [-0.39, 0.29) is 11.7 Å². The van der Waals surface area contributed by atoms with E-state index in [4.69, 9.17) is 11.6 Å². The molecular formula is C16H12BrClN2O2. The summed E-state index contributed by atoms with van der Waals surface area (Å²) in [7, 11) is 0. The van der Waals surface area contributed by atoms with Crippen molar-refractivity contribution in [1.29, 1.82) is 0 Å². The topological polar surface area (TPSA) is 58.2 Å². The lowest BCUT2D eigenvalue weighted by Crippen LogP contribution is -2.33. The molecule has 0 aliphatic heterocycles. The molecule has 0 atom stereocenters. The van der Waals surface area contributed by atoms with Crippen LogP contribution in [-0.2, 0) is 0 Å². The summed E-state index contributed by atoms with van der Waals surface area (Å²) in [5, 5.41) is 0.480. The van der Waals surface area contributed by atoms with Crippen LogP contribution in [0.2, 0.25) is 5.02 Å². The van der Waals surface area contributed by atoms with Gasteiger partial charge in [0, 0.05) is 32.9 Å². The molecule has 2 N–H and O–H groups in total. The molecule has 0 saturated carbocycles. The van der Waals surface area contributed by atoms with E-state index in [1.807, 2.05) is 0 Å². The van der Waals surface area contributed by atoms with Gasteiger partial charge < -0.3 is 5.43 Å². The fourth-order valence-electron chi connectivity index (χ4n) is 1.64. The number of carbonyl (C=O) groups excluding carboxylic acids is 2. The van der Waals surface area contributed by atoms with Crippen LogP contribution in [0.1, 0.15) is 20.7 Å². The van der Waals surface area contributed by atoms with Crippen LogP contribution in [0.5, 0.6) is 0 Å². The highest BCUT2D eigenvalue weighted by molar-refractivity contribution is 9.10. The van der Waals surface area contributed by atoms with Crippen LogP contribution in [0.4, 0.5) is 0 Å². The van der Waals surface area contributed by atoms with Crippen molar-refractivity contribution in [2.24, 2.45) is 0 Å². The molecule has 0 aromatic heterocycles. The summed E-state index contributed by atoms with van der Waals surface area (Å²) < 4.78 is 0.903. The van der Waals surface area contributed by atoms with E-state index in [1.54, 1.807) is 48.5 Å². The van der Waals surface area contributed by atoms with E-state index in [0.717, 1.165) is 4.47 Å². The van der Waals surface area contributed by atoms with Crippen molar-refractivity contribution >= 4 is 39.2 Å². The van der Waals surface area contributed by atoms with E-state index < -0.39 is 0 Å². The zero-order valence-electron chi connectivity index (χ0n) is 11.3. The Hall–Kier alpha value is -2.11. The molecule has 6 heteroatoms. The number of benzene rings is 2. The zero-order chi connectivity index (χ0) is 15.9. The van der Waals surface area contributed by atoms with Gasteiger partial charge in [-0.2, -0.15) is 0 Å². The Morgan fingerprint density at radius 3 is 2.45 bits per heavy atom. The molecule has 4 nitrogen and oxygen atoms in total. The zero-order valence-corrected chi connectivity index (χ0v) is 13.7. The van der Waals surface area contributed by atoms with Gasteiger partial charge in [-0.15, -0.1) is 0 Å². The lowest BCUT2D eigenvalue weighted by molar-refractivity contribution is 0.0939. The van der Waals surface area contributed by atoms with Gasteiger partial charge in [0.05, 0.1) is 0 Å². The Balaban J connectivity index is 1.86. The van der Waals surface area contributed by atoms with Crippen LogP contribution in [0.15, 0.2) is 65.3 Å². The number of amides is 1. The maximum absolute atomic E-state index is 11.8. The van der Waals surface area contributed by atoms with Crippen molar-refractivity contribution in [2.45, 2.75) is 0 Å². The second-order valence-corrected chi connectivity index (χ2v) is 5.67. The molecule has 112 valence electrons. The molecule has 0 bridgehead atoms. The number of hydrazine groups is 1. The average Bonchev–Trinajstić information content (AvgIpc) is 2.51. The molecule has 0 unspecified atom stereocenters. The van der Waals surface area contributed by atoms with Crippen molar-refractivity contribution < 1.29 is 9.59 Å². The van der Waals surface area contributed by atoms with Crippen molar-refractivity contribution in [2.75, 3.05) is 0 Å². The molecule has 0 heterocycles. The van der Waals surface area contributed by atoms with Gasteiger partial charge in [-0.05, 0) is 42.5 Å². The third kappa shape index (κ3) is 4.72. The minimum Gasteiger partial charge on any atom is -0.305 e. The number of allylic oxidation sites excluding steroid dienone is 1. The molecule has 2 aromatic rings. The van der Waals surface area contributed by atoms with E-state index >= 15 is 0 Å². The van der Waals surface area contributed by atoms with Gasteiger partial charge in [-0.1, -0.05) is 33.6 Å². The number of carbonyl (C=O) groups is 2.